The number of carbonyl (C=O) groups is 1. The predicted octanol–water partition coefficient (Wildman–Crippen LogP) is 3.18. The molecule has 5 rings (SSSR count). The summed E-state index contributed by atoms with van der Waals surface area (Å²) in [5, 5.41) is 18.2. The maximum absolute atomic E-state index is 14.3. The number of hydrogen-bond donors (Lipinski definition) is 1. The lowest BCUT2D eigenvalue weighted by molar-refractivity contribution is 0.102. The minimum absolute atomic E-state index is 0.113. The van der Waals surface area contributed by atoms with Gasteiger partial charge in [0.1, 0.15) is 23.0 Å². The first-order chi connectivity index (χ1) is 15.0. The summed E-state index contributed by atoms with van der Waals surface area (Å²) in [4.78, 5) is 13.0. The van der Waals surface area contributed by atoms with Crippen molar-refractivity contribution in [1.82, 2.24) is 30.0 Å². The summed E-state index contributed by atoms with van der Waals surface area (Å²) in [5.41, 5.74) is 2.66. The van der Waals surface area contributed by atoms with Crippen LogP contribution in [0.5, 0.6) is 0 Å². The first-order valence-corrected chi connectivity index (χ1v) is 9.75. The topological polar surface area (TPSA) is 90.5 Å². The quantitative estimate of drug-likeness (QED) is 0.547. The second-order valence-electron chi connectivity index (χ2n) is 7.25. The highest BCUT2D eigenvalue weighted by molar-refractivity contribution is 6.04. The van der Waals surface area contributed by atoms with Gasteiger partial charge in [-0.25, -0.2) is 13.5 Å². The smallest absolute Gasteiger partial charge is 0.276 e. The molecule has 2 heterocycles. The first-order valence-electron chi connectivity index (χ1n) is 9.75. The van der Waals surface area contributed by atoms with Crippen LogP contribution in [-0.4, -0.2) is 35.9 Å². The summed E-state index contributed by atoms with van der Waals surface area (Å²) >= 11 is 0. The van der Waals surface area contributed by atoms with Gasteiger partial charge in [0.15, 0.2) is 11.5 Å². The normalized spacial score (nSPS) is 12.7. The van der Waals surface area contributed by atoms with Crippen LogP contribution >= 0.6 is 0 Å². The van der Waals surface area contributed by atoms with Crippen molar-refractivity contribution in [2.45, 2.75) is 26.2 Å². The number of hydrogen-bond acceptors (Lipinski definition) is 5. The highest BCUT2D eigenvalue weighted by Gasteiger charge is 2.28. The van der Waals surface area contributed by atoms with Gasteiger partial charge in [-0.15, -0.1) is 5.10 Å². The summed E-state index contributed by atoms with van der Waals surface area (Å²) in [6, 6.07) is 10.4. The van der Waals surface area contributed by atoms with Crippen LogP contribution in [0, 0.1) is 18.6 Å². The molecule has 10 heteroatoms. The Morgan fingerprint density at radius 3 is 2.61 bits per heavy atom. The molecule has 31 heavy (non-hydrogen) atoms. The van der Waals surface area contributed by atoms with Crippen molar-refractivity contribution in [3.8, 4) is 11.4 Å². The number of anilines is 1. The van der Waals surface area contributed by atoms with E-state index in [-0.39, 0.29) is 11.4 Å². The van der Waals surface area contributed by atoms with E-state index in [1.807, 2.05) is 0 Å². The maximum atomic E-state index is 14.3. The molecule has 2 aromatic heterocycles. The van der Waals surface area contributed by atoms with Crippen LogP contribution in [0.4, 0.5) is 14.5 Å². The average Bonchev–Trinajstić information content (AvgIpc) is 3.47. The Bertz CT molecular complexity index is 1310. The van der Waals surface area contributed by atoms with Gasteiger partial charge in [0.05, 0.1) is 0 Å². The molecular formula is C21H17F2N7O. The van der Waals surface area contributed by atoms with Gasteiger partial charge >= 0.3 is 0 Å². The van der Waals surface area contributed by atoms with Crippen molar-refractivity contribution in [3.63, 3.8) is 0 Å². The zero-order valence-corrected chi connectivity index (χ0v) is 16.5. The van der Waals surface area contributed by atoms with E-state index in [9.17, 15) is 13.6 Å². The molecule has 0 unspecified atom stereocenters. The molecule has 0 radical (unpaired) electrons. The fourth-order valence-electron chi connectivity index (χ4n) is 3.84. The SMILES string of the molecule is Cc1nnnn1-c1cc(NC(=O)c2nn(-c3ccccc3F)c3c2CCC3)ccc1F. The summed E-state index contributed by atoms with van der Waals surface area (Å²) in [5.74, 6) is -0.979. The monoisotopic (exact) mass is 421 g/mol. The first kappa shape index (κ1) is 19.0. The van der Waals surface area contributed by atoms with E-state index in [0.29, 0.717) is 30.0 Å². The maximum Gasteiger partial charge on any atom is 0.276 e. The zero-order valence-electron chi connectivity index (χ0n) is 16.5. The Morgan fingerprint density at radius 1 is 1.03 bits per heavy atom. The lowest BCUT2D eigenvalue weighted by Gasteiger charge is -2.09. The van der Waals surface area contributed by atoms with Crippen molar-refractivity contribution < 1.29 is 13.6 Å². The van der Waals surface area contributed by atoms with Crippen molar-refractivity contribution in [3.05, 3.63) is 76.9 Å². The zero-order chi connectivity index (χ0) is 21.5. The van der Waals surface area contributed by atoms with Crippen molar-refractivity contribution in [1.29, 1.82) is 0 Å². The molecule has 0 atom stereocenters. The number of halogens is 2. The third-order valence-corrected chi connectivity index (χ3v) is 5.28. The van der Waals surface area contributed by atoms with Crippen LogP contribution in [0.15, 0.2) is 42.5 Å². The number of nitrogens with zero attached hydrogens (tertiary/aromatic N) is 6. The Morgan fingerprint density at radius 2 is 1.84 bits per heavy atom. The number of aromatic nitrogens is 6. The van der Waals surface area contributed by atoms with Gasteiger partial charge < -0.3 is 5.32 Å². The largest absolute Gasteiger partial charge is 0.321 e. The van der Waals surface area contributed by atoms with E-state index >= 15 is 0 Å². The number of nitrogens with one attached hydrogen (secondary N) is 1. The standard InChI is InChI=1S/C21H17F2N7O/c1-12-25-27-28-29(12)19-11-13(9-10-16(19)23)24-21(31)20-14-5-4-8-17(14)30(26-20)18-7-3-2-6-15(18)22/h2-3,6-7,9-11H,4-5,8H2,1H3,(H,24,31). The molecule has 0 aliphatic heterocycles. The molecule has 2 aromatic carbocycles. The summed E-state index contributed by atoms with van der Waals surface area (Å²) < 4.78 is 31.4. The second-order valence-corrected chi connectivity index (χ2v) is 7.25. The van der Waals surface area contributed by atoms with Crippen LogP contribution in [0.1, 0.15) is 34.0 Å². The van der Waals surface area contributed by atoms with Crippen LogP contribution < -0.4 is 5.32 Å². The Balaban J connectivity index is 1.49. The molecule has 1 N–H and O–H groups in total. The van der Waals surface area contributed by atoms with E-state index in [1.165, 1.54) is 33.6 Å². The number of para-hydroxylation sites is 1. The molecule has 0 spiro atoms. The minimum atomic E-state index is -0.530. The van der Waals surface area contributed by atoms with Gasteiger partial charge in [-0.1, -0.05) is 12.1 Å². The summed E-state index contributed by atoms with van der Waals surface area (Å²) in [6.45, 7) is 1.64. The minimum Gasteiger partial charge on any atom is -0.321 e. The lowest BCUT2D eigenvalue weighted by atomic mass is 10.2. The Labute approximate surface area is 175 Å². The number of carbonyl (C=O) groups excluding carboxylic acids is 1. The van der Waals surface area contributed by atoms with E-state index in [2.05, 4.69) is 25.9 Å². The fourth-order valence-corrected chi connectivity index (χ4v) is 3.84. The predicted molar refractivity (Wildman–Crippen MR) is 107 cm³/mol. The number of benzene rings is 2. The van der Waals surface area contributed by atoms with Gasteiger partial charge in [0.25, 0.3) is 5.91 Å². The molecule has 1 aliphatic carbocycles. The molecule has 0 saturated carbocycles. The van der Waals surface area contributed by atoms with Crippen molar-refractivity contribution >= 4 is 11.6 Å². The van der Waals surface area contributed by atoms with Crippen LogP contribution in [-0.2, 0) is 12.8 Å². The molecule has 0 saturated heterocycles. The number of tetrazole rings is 1. The third kappa shape index (κ3) is 3.25. The van der Waals surface area contributed by atoms with Crippen LogP contribution in [0.2, 0.25) is 0 Å². The van der Waals surface area contributed by atoms with E-state index in [1.54, 1.807) is 25.1 Å². The van der Waals surface area contributed by atoms with Gasteiger partial charge in [0.2, 0.25) is 0 Å². The average molecular weight is 421 g/mol. The summed E-state index contributed by atoms with van der Waals surface area (Å²) in [6.07, 6.45) is 2.26. The van der Waals surface area contributed by atoms with Gasteiger partial charge in [-0.05, 0) is 66.9 Å². The fraction of sp³-hybridized carbons (Fsp3) is 0.190. The number of aryl methyl sites for hydroxylation is 1. The van der Waals surface area contributed by atoms with Crippen molar-refractivity contribution in [2.24, 2.45) is 0 Å². The highest BCUT2D eigenvalue weighted by atomic mass is 19.1. The van der Waals surface area contributed by atoms with Crippen molar-refractivity contribution in [2.75, 3.05) is 5.32 Å². The van der Waals surface area contributed by atoms with Gasteiger partial charge in [0, 0.05) is 16.9 Å². The number of rotatable bonds is 4. The molecule has 1 amide bonds. The van der Waals surface area contributed by atoms with E-state index in [0.717, 1.165) is 17.7 Å². The van der Waals surface area contributed by atoms with Gasteiger partial charge in [-0.2, -0.15) is 9.78 Å². The molecule has 0 bridgehead atoms. The molecular weight excluding hydrogens is 404 g/mol. The molecule has 0 fully saturated rings. The number of amides is 1. The third-order valence-electron chi connectivity index (χ3n) is 5.28. The van der Waals surface area contributed by atoms with Crippen LogP contribution in [0.3, 0.4) is 0 Å². The molecule has 156 valence electrons. The highest BCUT2D eigenvalue weighted by Crippen LogP contribution is 2.29. The Kier molecular flexibility index (Phi) is 4.54. The molecule has 8 nitrogen and oxygen atoms in total. The Hall–Kier alpha value is -3.95. The lowest BCUT2D eigenvalue weighted by Crippen LogP contribution is -2.15. The van der Waals surface area contributed by atoms with Crippen LogP contribution in [0.25, 0.3) is 11.4 Å². The van der Waals surface area contributed by atoms with Gasteiger partial charge in [-0.3, -0.25) is 4.79 Å². The number of fused-ring (bicyclic) bond motifs is 1. The van der Waals surface area contributed by atoms with E-state index in [4.69, 9.17) is 0 Å². The molecule has 4 aromatic rings. The summed E-state index contributed by atoms with van der Waals surface area (Å²) in [7, 11) is 0. The van der Waals surface area contributed by atoms with E-state index < -0.39 is 17.5 Å². The molecule has 1 aliphatic rings. The second kappa shape index (κ2) is 7.38.